The van der Waals surface area contributed by atoms with Crippen LogP contribution >= 0.6 is 0 Å². The van der Waals surface area contributed by atoms with Crippen molar-refractivity contribution in [1.29, 1.82) is 0 Å². The van der Waals surface area contributed by atoms with E-state index in [1.165, 1.54) is 29.7 Å². The number of urea groups is 1. The fourth-order valence-corrected chi connectivity index (χ4v) is 5.60. The fraction of sp³-hybridized carbons (Fsp3) is 0.652. The van der Waals surface area contributed by atoms with Gasteiger partial charge in [-0.15, -0.1) is 0 Å². The smallest absolute Gasteiger partial charge is 0.332 e. The number of amides is 3. The Morgan fingerprint density at radius 3 is 2.40 bits per heavy atom. The van der Waals surface area contributed by atoms with E-state index in [9.17, 15) is 9.59 Å². The van der Waals surface area contributed by atoms with Gasteiger partial charge < -0.3 is 15.4 Å². The summed E-state index contributed by atoms with van der Waals surface area (Å²) >= 11 is 0. The van der Waals surface area contributed by atoms with Crippen LogP contribution in [0.25, 0.3) is 0 Å². The summed E-state index contributed by atoms with van der Waals surface area (Å²) in [4.78, 5) is 31.3. The summed E-state index contributed by atoms with van der Waals surface area (Å²) < 4.78 is 5.46. The molecule has 5 rings (SSSR count). The van der Waals surface area contributed by atoms with Crippen LogP contribution in [0.5, 0.6) is 0 Å². The van der Waals surface area contributed by atoms with Crippen molar-refractivity contribution in [2.24, 2.45) is 5.73 Å². The number of fused-ring (bicyclic) bond motifs is 1. The van der Waals surface area contributed by atoms with Crippen molar-refractivity contribution < 1.29 is 14.3 Å². The Morgan fingerprint density at radius 2 is 1.77 bits per heavy atom. The molecule has 3 heterocycles. The summed E-state index contributed by atoms with van der Waals surface area (Å²) in [6.45, 7) is 5.43. The molecular formula is C23H32N4O3. The van der Waals surface area contributed by atoms with E-state index in [0.717, 1.165) is 52.1 Å². The minimum Gasteiger partial charge on any atom is -0.379 e. The quantitative estimate of drug-likeness (QED) is 0.749. The van der Waals surface area contributed by atoms with Crippen molar-refractivity contribution in [3.05, 3.63) is 29.8 Å². The van der Waals surface area contributed by atoms with Gasteiger partial charge in [0.15, 0.2) is 0 Å². The van der Waals surface area contributed by atoms with Crippen LogP contribution in [-0.4, -0.2) is 73.2 Å². The third-order valence-electron chi connectivity index (χ3n) is 7.65. The molecule has 3 amide bonds. The highest BCUT2D eigenvalue weighted by Gasteiger charge is 2.50. The number of nitrogens with zero attached hydrogens (tertiary/aromatic N) is 3. The first-order valence-electron chi connectivity index (χ1n) is 11.4. The van der Waals surface area contributed by atoms with Crippen LogP contribution in [0.3, 0.4) is 0 Å². The van der Waals surface area contributed by atoms with Crippen LogP contribution in [0.2, 0.25) is 0 Å². The molecule has 3 aliphatic heterocycles. The first kappa shape index (κ1) is 20.0. The molecular weight excluding hydrogens is 380 g/mol. The van der Waals surface area contributed by atoms with Crippen LogP contribution in [0.4, 0.5) is 10.5 Å². The molecule has 1 saturated carbocycles. The second-order valence-corrected chi connectivity index (χ2v) is 9.29. The van der Waals surface area contributed by atoms with Gasteiger partial charge in [-0.05, 0) is 61.8 Å². The van der Waals surface area contributed by atoms with E-state index in [-0.39, 0.29) is 23.4 Å². The molecule has 1 aliphatic carbocycles. The number of imide groups is 1. The number of piperidine rings is 1. The molecule has 30 heavy (non-hydrogen) atoms. The van der Waals surface area contributed by atoms with Crippen LogP contribution < -0.4 is 10.6 Å². The van der Waals surface area contributed by atoms with E-state index >= 15 is 0 Å². The average Bonchev–Trinajstić information content (AvgIpc) is 3.00. The molecule has 7 heteroatoms. The number of nitrogens with two attached hydrogens (primary N) is 1. The number of benzene rings is 1. The van der Waals surface area contributed by atoms with Crippen molar-refractivity contribution >= 4 is 17.6 Å². The predicted octanol–water partition coefficient (Wildman–Crippen LogP) is 2.09. The SMILES string of the molecule is N[C@@H]1CCCN2C(=O)N(c3ccc(C4(CCN5CCOCC5)CCC4)cc3)C(=O)[C@H]12. The molecule has 0 bridgehead atoms. The number of hydrogen-bond donors (Lipinski definition) is 1. The van der Waals surface area contributed by atoms with Gasteiger partial charge >= 0.3 is 6.03 Å². The number of anilines is 1. The lowest BCUT2D eigenvalue weighted by atomic mass is 9.62. The number of hydrogen-bond acceptors (Lipinski definition) is 5. The monoisotopic (exact) mass is 412 g/mol. The summed E-state index contributed by atoms with van der Waals surface area (Å²) in [6.07, 6.45) is 6.49. The molecule has 0 radical (unpaired) electrons. The minimum absolute atomic E-state index is 0.175. The Bertz CT molecular complexity index is 801. The topological polar surface area (TPSA) is 79.1 Å². The third kappa shape index (κ3) is 3.33. The van der Waals surface area contributed by atoms with Crippen LogP contribution in [0.1, 0.15) is 44.1 Å². The summed E-state index contributed by atoms with van der Waals surface area (Å²) in [6, 6.07) is 7.17. The van der Waals surface area contributed by atoms with E-state index in [1.54, 1.807) is 4.90 Å². The van der Waals surface area contributed by atoms with E-state index in [4.69, 9.17) is 10.5 Å². The predicted molar refractivity (Wildman–Crippen MR) is 114 cm³/mol. The zero-order chi connectivity index (χ0) is 20.7. The second-order valence-electron chi connectivity index (χ2n) is 9.29. The van der Waals surface area contributed by atoms with Gasteiger partial charge in [0, 0.05) is 25.7 Å². The molecule has 0 aromatic heterocycles. The van der Waals surface area contributed by atoms with E-state index in [2.05, 4.69) is 17.0 Å². The van der Waals surface area contributed by atoms with Gasteiger partial charge in [-0.1, -0.05) is 18.6 Å². The number of carbonyl (C=O) groups is 2. The standard InChI is InChI=1S/C23H32N4O3/c24-19-3-1-11-26-20(19)21(28)27(22(26)29)18-6-4-17(5-7-18)23(8-2-9-23)10-12-25-13-15-30-16-14-25/h4-7,19-20H,1-3,8-16,24H2/t19-,20+/m1/s1. The lowest BCUT2D eigenvalue weighted by molar-refractivity contribution is -0.120. The van der Waals surface area contributed by atoms with Crippen molar-refractivity contribution in [2.75, 3.05) is 44.3 Å². The van der Waals surface area contributed by atoms with E-state index < -0.39 is 6.04 Å². The molecule has 4 fully saturated rings. The van der Waals surface area contributed by atoms with Gasteiger partial charge in [0.25, 0.3) is 5.91 Å². The van der Waals surface area contributed by atoms with E-state index in [1.807, 2.05) is 12.1 Å². The zero-order valence-electron chi connectivity index (χ0n) is 17.6. The largest absolute Gasteiger partial charge is 0.379 e. The molecule has 1 aromatic rings. The Labute approximate surface area is 178 Å². The molecule has 4 aliphatic rings. The van der Waals surface area contributed by atoms with Crippen molar-refractivity contribution in [2.45, 2.75) is 56.0 Å². The van der Waals surface area contributed by atoms with Gasteiger partial charge in [0.1, 0.15) is 6.04 Å². The summed E-state index contributed by atoms with van der Waals surface area (Å²) in [5.74, 6) is -0.175. The van der Waals surface area contributed by atoms with Gasteiger partial charge in [-0.25, -0.2) is 9.69 Å². The third-order valence-corrected chi connectivity index (χ3v) is 7.65. The molecule has 7 nitrogen and oxygen atoms in total. The summed E-state index contributed by atoms with van der Waals surface area (Å²) in [7, 11) is 0. The maximum Gasteiger partial charge on any atom is 0.332 e. The lowest BCUT2D eigenvalue weighted by Gasteiger charge is -2.44. The maximum atomic E-state index is 13.0. The zero-order valence-corrected chi connectivity index (χ0v) is 17.6. The molecule has 1 aromatic carbocycles. The van der Waals surface area contributed by atoms with Gasteiger partial charge in [0.05, 0.1) is 18.9 Å². The van der Waals surface area contributed by atoms with Crippen molar-refractivity contribution in [1.82, 2.24) is 9.80 Å². The van der Waals surface area contributed by atoms with E-state index in [0.29, 0.717) is 12.2 Å². The normalized spacial score (nSPS) is 29.1. The molecule has 2 N–H and O–H groups in total. The second kappa shape index (κ2) is 7.94. The van der Waals surface area contributed by atoms with Gasteiger partial charge in [-0.3, -0.25) is 9.69 Å². The van der Waals surface area contributed by atoms with Crippen molar-refractivity contribution in [3.8, 4) is 0 Å². The number of morpholine rings is 1. The van der Waals surface area contributed by atoms with Gasteiger partial charge in [0.2, 0.25) is 0 Å². The maximum absolute atomic E-state index is 13.0. The molecule has 2 atom stereocenters. The highest BCUT2D eigenvalue weighted by atomic mass is 16.5. The average molecular weight is 413 g/mol. The summed E-state index contributed by atoms with van der Waals surface area (Å²) in [5.41, 5.74) is 8.39. The first-order chi connectivity index (χ1) is 14.6. The van der Waals surface area contributed by atoms with Crippen LogP contribution in [0, 0.1) is 0 Å². The summed E-state index contributed by atoms with van der Waals surface area (Å²) in [5, 5.41) is 0. The molecule has 3 saturated heterocycles. The lowest BCUT2D eigenvalue weighted by Crippen LogP contribution is -2.52. The fourth-order valence-electron chi connectivity index (χ4n) is 5.60. The highest BCUT2D eigenvalue weighted by molar-refractivity contribution is 6.21. The Kier molecular flexibility index (Phi) is 5.29. The number of ether oxygens (including phenoxy) is 1. The first-order valence-corrected chi connectivity index (χ1v) is 11.4. The molecule has 0 unspecified atom stereocenters. The Hall–Kier alpha value is -1.96. The number of carbonyl (C=O) groups excluding carboxylic acids is 2. The van der Waals surface area contributed by atoms with Crippen LogP contribution in [-0.2, 0) is 14.9 Å². The Morgan fingerprint density at radius 1 is 1.03 bits per heavy atom. The van der Waals surface area contributed by atoms with Gasteiger partial charge in [-0.2, -0.15) is 0 Å². The number of rotatable bonds is 5. The molecule has 0 spiro atoms. The van der Waals surface area contributed by atoms with Crippen LogP contribution in [0.15, 0.2) is 24.3 Å². The molecule has 162 valence electrons. The Balaban J connectivity index is 1.31. The van der Waals surface area contributed by atoms with Crippen molar-refractivity contribution in [3.63, 3.8) is 0 Å². The highest BCUT2D eigenvalue weighted by Crippen LogP contribution is 2.47. The minimum atomic E-state index is -0.502.